The summed E-state index contributed by atoms with van der Waals surface area (Å²) in [6.07, 6.45) is 0.868. The van der Waals surface area contributed by atoms with Gasteiger partial charge in [-0.15, -0.1) is 0 Å². The molecule has 1 N–H and O–H groups in total. The second kappa shape index (κ2) is 7.28. The van der Waals surface area contributed by atoms with E-state index in [0.717, 1.165) is 41.8 Å². The Balaban J connectivity index is 1.83. The van der Waals surface area contributed by atoms with Crippen LogP contribution in [0.3, 0.4) is 0 Å². The highest BCUT2D eigenvalue weighted by molar-refractivity contribution is 5.39. The van der Waals surface area contributed by atoms with Crippen LogP contribution < -0.4 is 4.74 Å². The lowest BCUT2D eigenvalue weighted by molar-refractivity contribution is 0.0426. The highest BCUT2D eigenvalue weighted by Crippen LogP contribution is 2.23. The fraction of sp³-hybridized carbons (Fsp3) is 0.667. The van der Waals surface area contributed by atoms with E-state index in [0.29, 0.717) is 13.2 Å². The molecule has 0 spiro atoms. The first-order chi connectivity index (χ1) is 9.95. The third-order valence-electron chi connectivity index (χ3n) is 4.24. The van der Waals surface area contributed by atoms with Gasteiger partial charge in [0, 0.05) is 19.6 Å². The average molecular weight is 291 g/mol. The standard InChI is InChI=1S/C18H29NO2/c1-13-8-14(2)10-19(9-13)11-17(20)12-21-18-15(3)6-5-7-16(18)4/h5-7,13-14,17,20H,8-12H2,1-4H3/t13-,14+,17-/m0/s1. The van der Waals surface area contributed by atoms with E-state index in [1.165, 1.54) is 6.42 Å². The van der Waals surface area contributed by atoms with Crippen molar-refractivity contribution in [2.45, 2.75) is 40.2 Å². The van der Waals surface area contributed by atoms with E-state index in [1.807, 2.05) is 32.0 Å². The third kappa shape index (κ3) is 4.72. The van der Waals surface area contributed by atoms with E-state index in [1.54, 1.807) is 0 Å². The molecule has 0 radical (unpaired) electrons. The molecule has 2 rings (SSSR count). The van der Waals surface area contributed by atoms with Gasteiger partial charge < -0.3 is 14.7 Å². The molecule has 0 amide bonds. The molecule has 1 aromatic rings. The Bertz CT molecular complexity index is 430. The SMILES string of the molecule is Cc1cccc(C)c1OC[C@@H](O)CN1C[C@H](C)C[C@H](C)C1. The van der Waals surface area contributed by atoms with Gasteiger partial charge >= 0.3 is 0 Å². The van der Waals surface area contributed by atoms with Gasteiger partial charge in [0.1, 0.15) is 18.5 Å². The summed E-state index contributed by atoms with van der Waals surface area (Å²) in [4.78, 5) is 2.37. The zero-order valence-corrected chi connectivity index (χ0v) is 13.8. The second-order valence-corrected chi connectivity index (χ2v) is 6.85. The maximum atomic E-state index is 10.3. The number of ether oxygens (including phenoxy) is 1. The lowest BCUT2D eigenvalue weighted by atomic mass is 9.92. The van der Waals surface area contributed by atoms with E-state index in [-0.39, 0.29) is 0 Å². The Labute approximate surface area is 128 Å². The zero-order chi connectivity index (χ0) is 15.4. The number of hydrogen-bond donors (Lipinski definition) is 1. The number of benzene rings is 1. The molecule has 1 fully saturated rings. The lowest BCUT2D eigenvalue weighted by Crippen LogP contribution is -2.44. The monoisotopic (exact) mass is 291 g/mol. The van der Waals surface area contributed by atoms with Gasteiger partial charge in [-0.3, -0.25) is 0 Å². The van der Waals surface area contributed by atoms with Gasteiger partial charge in [0.05, 0.1) is 0 Å². The topological polar surface area (TPSA) is 32.7 Å². The zero-order valence-electron chi connectivity index (χ0n) is 13.8. The summed E-state index contributed by atoms with van der Waals surface area (Å²) in [6, 6.07) is 6.12. The molecule has 0 aliphatic carbocycles. The number of aliphatic hydroxyl groups is 1. The molecule has 1 aromatic carbocycles. The van der Waals surface area contributed by atoms with Crippen molar-refractivity contribution in [2.75, 3.05) is 26.2 Å². The van der Waals surface area contributed by atoms with Crippen LogP contribution in [0, 0.1) is 25.7 Å². The van der Waals surface area contributed by atoms with Crippen molar-refractivity contribution in [2.24, 2.45) is 11.8 Å². The Hall–Kier alpha value is -1.06. The smallest absolute Gasteiger partial charge is 0.125 e. The van der Waals surface area contributed by atoms with Crippen molar-refractivity contribution in [1.29, 1.82) is 0 Å². The molecular formula is C18H29NO2. The number of nitrogens with zero attached hydrogens (tertiary/aromatic N) is 1. The van der Waals surface area contributed by atoms with E-state index in [4.69, 9.17) is 4.74 Å². The lowest BCUT2D eigenvalue weighted by Gasteiger charge is -2.36. The number of aliphatic hydroxyl groups excluding tert-OH is 1. The first-order valence-corrected chi connectivity index (χ1v) is 8.05. The Morgan fingerprint density at radius 1 is 1.19 bits per heavy atom. The maximum absolute atomic E-state index is 10.3. The van der Waals surface area contributed by atoms with Crippen LogP contribution in [0.4, 0.5) is 0 Å². The van der Waals surface area contributed by atoms with Gasteiger partial charge in [-0.1, -0.05) is 32.0 Å². The summed E-state index contributed by atoms with van der Waals surface area (Å²) in [5, 5.41) is 10.3. The predicted octanol–water partition coefficient (Wildman–Crippen LogP) is 3.02. The van der Waals surface area contributed by atoms with Crippen molar-refractivity contribution >= 4 is 0 Å². The van der Waals surface area contributed by atoms with Crippen molar-refractivity contribution in [1.82, 2.24) is 4.90 Å². The molecule has 0 aromatic heterocycles. The number of aryl methyl sites for hydroxylation is 2. The van der Waals surface area contributed by atoms with Gasteiger partial charge in [0.2, 0.25) is 0 Å². The van der Waals surface area contributed by atoms with Crippen molar-refractivity contribution in [3.8, 4) is 5.75 Å². The molecule has 21 heavy (non-hydrogen) atoms. The second-order valence-electron chi connectivity index (χ2n) is 6.85. The molecule has 1 saturated heterocycles. The van der Waals surface area contributed by atoms with Gasteiger partial charge in [-0.2, -0.15) is 0 Å². The third-order valence-corrected chi connectivity index (χ3v) is 4.24. The molecule has 0 saturated carbocycles. The van der Waals surface area contributed by atoms with Gasteiger partial charge in [-0.25, -0.2) is 0 Å². The van der Waals surface area contributed by atoms with Crippen molar-refractivity contribution in [3.63, 3.8) is 0 Å². The van der Waals surface area contributed by atoms with Crippen LogP contribution >= 0.6 is 0 Å². The van der Waals surface area contributed by atoms with Crippen LogP contribution in [0.5, 0.6) is 5.75 Å². The molecule has 1 aliphatic rings. The van der Waals surface area contributed by atoms with E-state index in [9.17, 15) is 5.11 Å². The summed E-state index contributed by atoms with van der Waals surface area (Å²) in [5.41, 5.74) is 2.25. The highest BCUT2D eigenvalue weighted by atomic mass is 16.5. The number of hydrogen-bond acceptors (Lipinski definition) is 3. The van der Waals surface area contributed by atoms with Crippen LogP contribution in [-0.4, -0.2) is 42.4 Å². The molecule has 3 heteroatoms. The van der Waals surface area contributed by atoms with Crippen molar-refractivity contribution < 1.29 is 9.84 Å². The summed E-state index contributed by atoms with van der Waals surface area (Å²) < 4.78 is 5.85. The maximum Gasteiger partial charge on any atom is 0.125 e. The average Bonchev–Trinajstić information content (AvgIpc) is 2.36. The summed E-state index contributed by atoms with van der Waals surface area (Å²) in [7, 11) is 0. The van der Waals surface area contributed by atoms with E-state index >= 15 is 0 Å². The Kier molecular flexibility index (Phi) is 5.65. The molecule has 0 unspecified atom stereocenters. The number of likely N-dealkylation sites (tertiary alicyclic amines) is 1. The minimum absolute atomic E-state index is 0.366. The number of β-amino-alcohol motifs (C(OH)–C–C–N with tert-alkyl or cyclic N) is 1. The van der Waals surface area contributed by atoms with Gasteiger partial charge in [0.25, 0.3) is 0 Å². The highest BCUT2D eigenvalue weighted by Gasteiger charge is 2.23. The molecule has 3 atom stereocenters. The molecular weight excluding hydrogens is 262 g/mol. The van der Waals surface area contributed by atoms with E-state index < -0.39 is 6.10 Å². The van der Waals surface area contributed by atoms with Gasteiger partial charge in [-0.05, 0) is 43.2 Å². The van der Waals surface area contributed by atoms with Crippen LogP contribution in [0.2, 0.25) is 0 Å². The number of para-hydroxylation sites is 1. The first kappa shape index (κ1) is 16.3. The molecule has 1 heterocycles. The minimum atomic E-state index is -0.429. The predicted molar refractivity (Wildman–Crippen MR) is 86.8 cm³/mol. The van der Waals surface area contributed by atoms with Crippen LogP contribution in [0.1, 0.15) is 31.4 Å². The first-order valence-electron chi connectivity index (χ1n) is 8.05. The summed E-state index contributed by atoms with van der Waals surface area (Å²) in [6.45, 7) is 11.9. The van der Waals surface area contributed by atoms with Crippen LogP contribution in [0.15, 0.2) is 18.2 Å². The summed E-state index contributed by atoms with van der Waals surface area (Å²) in [5.74, 6) is 2.36. The largest absolute Gasteiger partial charge is 0.490 e. The van der Waals surface area contributed by atoms with E-state index in [2.05, 4.69) is 18.7 Å². The molecule has 0 bridgehead atoms. The van der Waals surface area contributed by atoms with Crippen LogP contribution in [-0.2, 0) is 0 Å². The van der Waals surface area contributed by atoms with Crippen LogP contribution in [0.25, 0.3) is 0 Å². The Morgan fingerprint density at radius 3 is 2.33 bits per heavy atom. The minimum Gasteiger partial charge on any atom is -0.490 e. The Morgan fingerprint density at radius 2 is 1.76 bits per heavy atom. The molecule has 1 aliphatic heterocycles. The fourth-order valence-electron chi connectivity index (χ4n) is 3.50. The number of piperidine rings is 1. The molecule has 3 nitrogen and oxygen atoms in total. The quantitative estimate of drug-likeness (QED) is 0.905. The molecule has 118 valence electrons. The van der Waals surface area contributed by atoms with Crippen molar-refractivity contribution in [3.05, 3.63) is 29.3 Å². The number of rotatable bonds is 5. The fourth-order valence-corrected chi connectivity index (χ4v) is 3.50. The summed E-state index contributed by atoms with van der Waals surface area (Å²) >= 11 is 0. The normalized spacial score (nSPS) is 24.8. The van der Waals surface area contributed by atoms with Gasteiger partial charge in [0.15, 0.2) is 0 Å².